The fourth-order valence-corrected chi connectivity index (χ4v) is 4.27. The van der Waals surface area contributed by atoms with E-state index in [1.807, 2.05) is 55.8 Å². The van der Waals surface area contributed by atoms with Crippen LogP contribution in [0.2, 0.25) is 0 Å². The summed E-state index contributed by atoms with van der Waals surface area (Å²) in [6.45, 7) is 3.91. The van der Waals surface area contributed by atoms with Gasteiger partial charge in [0.25, 0.3) is 0 Å². The second-order valence-electron chi connectivity index (χ2n) is 6.02. The molecule has 0 spiro atoms. The number of benzene rings is 1. The molecule has 10 heteroatoms. The lowest BCUT2D eigenvalue weighted by molar-refractivity contribution is -0.113. The van der Waals surface area contributed by atoms with E-state index in [-0.39, 0.29) is 11.7 Å². The summed E-state index contributed by atoms with van der Waals surface area (Å²) < 4.78 is 2.86. The molecular formula is C18H19BrN6OS2. The first-order chi connectivity index (χ1) is 13.4. The van der Waals surface area contributed by atoms with Crippen LogP contribution in [0.15, 0.2) is 45.1 Å². The first-order valence-electron chi connectivity index (χ1n) is 8.42. The van der Waals surface area contributed by atoms with Crippen LogP contribution in [0.25, 0.3) is 0 Å². The molecule has 0 aliphatic carbocycles. The minimum Gasteiger partial charge on any atom is -0.325 e. The van der Waals surface area contributed by atoms with Crippen LogP contribution in [0.5, 0.6) is 0 Å². The van der Waals surface area contributed by atoms with Crippen molar-refractivity contribution in [1.82, 2.24) is 24.7 Å². The number of nitrogens with zero attached hydrogens (tertiary/aromatic N) is 5. The summed E-state index contributed by atoms with van der Waals surface area (Å²) in [5.41, 5.74) is 2.65. The van der Waals surface area contributed by atoms with Crippen molar-refractivity contribution in [2.24, 2.45) is 7.05 Å². The van der Waals surface area contributed by atoms with Crippen LogP contribution >= 0.6 is 39.5 Å². The molecule has 1 aromatic carbocycles. The lowest BCUT2D eigenvalue weighted by atomic mass is 10.3. The molecule has 7 nitrogen and oxygen atoms in total. The van der Waals surface area contributed by atoms with Gasteiger partial charge in [-0.3, -0.25) is 4.79 Å². The summed E-state index contributed by atoms with van der Waals surface area (Å²) in [4.78, 5) is 21.0. The van der Waals surface area contributed by atoms with Crippen LogP contribution in [-0.4, -0.2) is 36.4 Å². The third-order valence-corrected chi connectivity index (χ3v) is 6.07. The van der Waals surface area contributed by atoms with E-state index < -0.39 is 0 Å². The topological polar surface area (TPSA) is 85.6 Å². The van der Waals surface area contributed by atoms with Crippen LogP contribution in [0, 0.1) is 13.8 Å². The van der Waals surface area contributed by atoms with E-state index >= 15 is 0 Å². The Bertz CT molecular complexity index is 956. The summed E-state index contributed by atoms with van der Waals surface area (Å²) >= 11 is 6.24. The van der Waals surface area contributed by atoms with Crippen molar-refractivity contribution in [3.8, 4) is 0 Å². The number of halogens is 1. The molecule has 2 aromatic heterocycles. The molecule has 2 heterocycles. The highest BCUT2D eigenvalue weighted by atomic mass is 79.9. The molecule has 1 amide bonds. The maximum Gasteiger partial charge on any atom is 0.234 e. The number of aromatic nitrogens is 5. The Morgan fingerprint density at radius 3 is 2.46 bits per heavy atom. The van der Waals surface area contributed by atoms with Crippen molar-refractivity contribution >= 4 is 51.0 Å². The Morgan fingerprint density at radius 2 is 1.79 bits per heavy atom. The number of thioether (sulfide) groups is 2. The highest BCUT2D eigenvalue weighted by molar-refractivity contribution is 9.10. The van der Waals surface area contributed by atoms with E-state index in [0.29, 0.717) is 10.9 Å². The summed E-state index contributed by atoms with van der Waals surface area (Å²) in [6.07, 6.45) is 0. The van der Waals surface area contributed by atoms with Crippen LogP contribution in [0.4, 0.5) is 5.69 Å². The fraction of sp³-hybridized carbons (Fsp3) is 0.278. The van der Waals surface area contributed by atoms with E-state index in [9.17, 15) is 4.79 Å². The number of carbonyl (C=O) groups excluding carboxylic acids is 1. The molecule has 0 saturated carbocycles. The third-order valence-electron chi connectivity index (χ3n) is 3.68. The predicted molar refractivity (Wildman–Crippen MR) is 116 cm³/mol. The molecule has 0 fully saturated rings. The van der Waals surface area contributed by atoms with E-state index in [4.69, 9.17) is 0 Å². The van der Waals surface area contributed by atoms with E-state index in [1.54, 1.807) is 0 Å². The molecule has 0 atom stereocenters. The molecule has 0 radical (unpaired) electrons. The Kier molecular flexibility index (Phi) is 7.08. The molecule has 0 unspecified atom stereocenters. The number of aryl methyl sites for hydroxylation is 2. The zero-order valence-electron chi connectivity index (χ0n) is 15.6. The second-order valence-corrected chi connectivity index (χ2v) is 8.82. The smallest absolute Gasteiger partial charge is 0.234 e. The number of nitrogens with one attached hydrogen (secondary N) is 1. The van der Waals surface area contributed by atoms with Crippen LogP contribution in [-0.2, 0) is 17.6 Å². The van der Waals surface area contributed by atoms with E-state index in [2.05, 4.69) is 41.4 Å². The van der Waals surface area contributed by atoms with Crippen molar-refractivity contribution in [1.29, 1.82) is 0 Å². The fourth-order valence-electron chi connectivity index (χ4n) is 2.34. The van der Waals surface area contributed by atoms with E-state index in [1.165, 1.54) is 23.5 Å². The minimum absolute atomic E-state index is 0.0881. The van der Waals surface area contributed by atoms with Gasteiger partial charge in [0, 0.05) is 28.6 Å². The summed E-state index contributed by atoms with van der Waals surface area (Å²) in [7, 11) is 1.90. The van der Waals surface area contributed by atoms with Gasteiger partial charge in [0.05, 0.1) is 11.5 Å². The Hall–Kier alpha value is -1.91. The summed E-state index contributed by atoms with van der Waals surface area (Å²) in [5.74, 6) is 1.59. The zero-order valence-corrected chi connectivity index (χ0v) is 18.9. The van der Waals surface area contributed by atoms with Gasteiger partial charge in [-0.25, -0.2) is 9.97 Å². The van der Waals surface area contributed by atoms with Gasteiger partial charge in [0.2, 0.25) is 5.91 Å². The molecule has 0 saturated heterocycles. The number of rotatable bonds is 7. The Morgan fingerprint density at radius 1 is 1.11 bits per heavy atom. The van der Waals surface area contributed by atoms with Crippen LogP contribution < -0.4 is 5.32 Å². The molecular weight excluding hydrogens is 460 g/mol. The molecule has 0 aliphatic rings. The van der Waals surface area contributed by atoms with Gasteiger partial charge in [0.1, 0.15) is 5.82 Å². The molecule has 0 bridgehead atoms. The van der Waals surface area contributed by atoms with Gasteiger partial charge in [-0.05, 0) is 44.2 Å². The molecule has 1 N–H and O–H groups in total. The third kappa shape index (κ3) is 5.79. The highest BCUT2D eigenvalue weighted by Gasteiger charge is 2.13. The number of anilines is 1. The molecule has 3 aromatic rings. The Labute approximate surface area is 180 Å². The normalized spacial score (nSPS) is 10.9. The first-order valence-corrected chi connectivity index (χ1v) is 11.2. The largest absolute Gasteiger partial charge is 0.325 e. The van der Waals surface area contributed by atoms with Gasteiger partial charge in [-0.15, -0.1) is 10.2 Å². The van der Waals surface area contributed by atoms with Gasteiger partial charge in [-0.1, -0.05) is 39.5 Å². The first kappa shape index (κ1) is 20.8. The zero-order chi connectivity index (χ0) is 20.1. The number of hydrogen-bond donors (Lipinski definition) is 1. The highest BCUT2D eigenvalue weighted by Crippen LogP contribution is 2.22. The lowest BCUT2D eigenvalue weighted by Crippen LogP contribution is -2.14. The van der Waals surface area contributed by atoms with Crippen molar-refractivity contribution < 1.29 is 4.79 Å². The van der Waals surface area contributed by atoms with Crippen LogP contribution in [0.3, 0.4) is 0 Å². The van der Waals surface area contributed by atoms with Gasteiger partial charge in [0.15, 0.2) is 10.3 Å². The molecule has 146 valence electrons. The average Bonchev–Trinajstić information content (AvgIpc) is 2.99. The van der Waals surface area contributed by atoms with E-state index in [0.717, 1.165) is 32.5 Å². The quantitative estimate of drug-likeness (QED) is 0.405. The maximum atomic E-state index is 12.1. The summed E-state index contributed by atoms with van der Waals surface area (Å²) in [5, 5.41) is 12.7. The van der Waals surface area contributed by atoms with Crippen LogP contribution in [0.1, 0.15) is 17.2 Å². The molecule has 0 aliphatic heterocycles. The van der Waals surface area contributed by atoms with Crippen molar-refractivity contribution in [3.63, 3.8) is 0 Å². The number of carbonyl (C=O) groups is 1. The summed E-state index contributed by atoms with van der Waals surface area (Å²) in [6, 6.07) is 9.41. The monoisotopic (exact) mass is 478 g/mol. The van der Waals surface area contributed by atoms with Crippen molar-refractivity contribution in [2.75, 3.05) is 11.1 Å². The minimum atomic E-state index is -0.0881. The van der Waals surface area contributed by atoms with Crippen molar-refractivity contribution in [2.45, 2.75) is 29.9 Å². The van der Waals surface area contributed by atoms with Gasteiger partial charge >= 0.3 is 0 Å². The average molecular weight is 479 g/mol. The van der Waals surface area contributed by atoms with Gasteiger partial charge < -0.3 is 9.88 Å². The number of hydrogen-bond acceptors (Lipinski definition) is 7. The lowest BCUT2D eigenvalue weighted by Gasteiger charge is -2.06. The van der Waals surface area contributed by atoms with Crippen molar-refractivity contribution in [3.05, 3.63) is 52.0 Å². The standard InChI is InChI=1S/C18H19BrN6OS2/c1-11-8-12(2)21-17(20-11)27-9-15-23-24-18(25(15)3)28-10-16(26)22-14-6-4-13(19)5-7-14/h4-8H,9-10H2,1-3H3,(H,22,26). The SMILES string of the molecule is Cc1cc(C)nc(SCc2nnc(SCC(=O)Nc3ccc(Br)cc3)n2C)n1. The second kappa shape index (κ2) is 9.53. The Balaban J connectivity index is 1.53. The molecule has 28 heavy (non-hydrogen) atoms. The maximum absolute atomic E-state index is 12.1. The molecule has 3 rings (SSSR count). The predicted octanol–water partition coefficient (Wildman–Crippen LogP) is 4.01. The van der Waals surface area contributed by atoms with Gasteiger partial charge in [-0.2, -0.15) is 0 Å². The number of amides is 1.